The molecule has 1 aromatic carbocycles. The number of carboxylic acids is 1. The van der Waals surface area contributed by atoms with E-state index in [9.17, 15) is 15.0 Å². The van der Waals surface area contributed by atoms with E-state index < -0.39 is 5.97 Å². The molecule has 0 aliphatic heterocycles. The molecule has 0 aliphatic carbocycles. The van der Waals surface area contributed by atoms with Crippen molar-refractivity contribution in [1.29, 1.82) is 0 Å². The van der Waals surface area contributed by atoms with Crippen molar-refractivity contribution in [1.82, 2.24) is 0 Å². The van der Waals surface area contributed by atoms with Crippen molar-refractivity contribution >= 4 is 5.97 Å². The molecule has 0 fully saturated rings. The number of hydrogen-bond acceptors (Lipinski definition) is 2. The van der Waals surface area contributed by atoms with Crippen LogP contribution in [0.1, 0.15) is 116 Å². The van der Waals surface area contributed by atoms with E-state index in [4.69, 9.17) is 0 Å². The SMILES string of the molecule is CCCCCCCCC(CC(=O)O)c1ccc(C(C)(C)CO)cc1C(C)(C)C. The number of aliphatic carboxylic acids is 1. The summed E-state index contributed by atoms with van der Waals surface area (Å²) in [7, 11) is 0. The zero-order chi connectivity index (χ0) is 21.4. The van der Waals surface area contributed by atoms with Crippen molar-refractivity contribution in [2.45, 2.75) is 110 Å². The Labute approximate surface area is 172 Å². The highest BCUT2D eigenvalue weighted by Gasteiger charge is 2.28. The summed E-state index contributed by atoms with van der Waals surface area (Å²) < 4.78 is 0. The molecule has 0 heterocycles. The summed E-state index contributed by atoms with van der Waals surface area (Å²) in [5.74, 6) is -0.681. The van der Waals surface area contributed by atoms with Gasteiger partial charge in [0.2, 0.25) is 0 Å². The van der Waals surface area contributed by atoms with Crippen LogP contribution in [-0.4, -0.2) is 22.8 Å². The Kier molecular flexibility index (Phi) is 9.69. The molecule has 2 N–H and O–H groups in total. The molecule has 0 amide bonds. The lowest BCUT2D eigenvalue weighted by atomic mass is 9.74. The van der Waals surface area contributed by atoms with Crippen LogP contribution < -0.4 is 0 Å². The molecule has 0 bridgehead atoms. The topological polar surface area (TPSA) is 57.5 Å². The van der Waals surface area contributed by atoms with Crippen LogP contribution in [0.25, 0.3) is 0 Å². The lowest BCUT2D eigenvalue weighted by Gasteiger charge is -2.31. The molecule has 0 radical (unpaired) electrons. The zero-order valence-electron chi connectivity index (χ0n) is 19.0. The Morgan fingerprint density at radius 3 is 2.14 bits per heavy atom. The van der Waals surface area contributed by atoms with Gasteiger partial charge in [-0.1, -0.05) is 98.3 Å². The molecular weight excluding hydrogens is 348 g/mol. The van der Waals surface area contributed by atoms with Crippen molar-refractivity contribution in [3.8, 4) is 0 Å². The van der Waals surface area contributed by atoms with Gasteiger partial charge in [0.1, 0.15) is 0 Å². The van der Waals surface area contributed by atoms with E-state index >= 15 is 0 Å². The van der Waals surface area contributed by atoms with E-state index in [0.717, 1.165) is 18.4 Å². The van der Waals surface area contributed by atoms with Crippen LogP contribution >= 0.6 is 0 Å². The summed E-state index contributed by atoms with van der Waals surface area (Å²) in [6.07, 6.45) is 8.40. The van der Waals surface area contributed by atoms with Crippen LogP contribution in [0, 0.1) is 0 Å². The summed E-state index contributed by atoms with van der Waals surface area (Å²) in [5.41, 5.74) is 3.11. The van der Waals surface area contributed by atoms with Crippen molar-refractivity contribution in [2.24, 2.45) is 0 Å². The molecular formula is C25H42O3. The normalized spacial score (nSPS) is 13.5. The second-order valence-electron chi connectivity index (χ2n) is 9.95. The van der Waals surface area contributed by atoms with Crippen LogP contribution in [0.2, 0.25) is 0 Å². The highest BCUT2D eigenvalue weighted by Crippen LogP contribution is 2.38. The van der Waals surface area contributed by atoms with Gasteiger partial charge in [0.25, 0.3) is 0 Å². The number of benzene rings is 1. The smallest absolute Gasteiger partial charge is 0.303 e. The van der Waals surface area contributed by atoms with Gasteiger partial charge in [0.15, 0.2) is 0 Å². The minimum atomic E-state index is -0.726. The predicted molar refractivity (Wildman–Crippen MR) is 118 cm³/mol. The number of unbranched alkanes of at least 4 members (excludes halogenated alkanes) is 5. The highest BCUT2D eigenvalue weighted by molar-refractivity contribution is 5.68. The summed E-state index contributed by atoms with van der Waals surface area (Å²) in [5, 5.41) is 19.3. The van der Waals surface area contributed by atoms with Crippen LogP contribution in [0.5, 0.6) is 0 Å². The molecule has 0 spiro atoms. The third-order valence-electron chi connectivity index (χ3n) is 5.81. The summed E-state index contributed by atoms with van der Waals surface area (Å²) >= 11 is 0. The lowest BCUT2D eigenvalue weighted by molar-refractivity contribution is -0.137. The molecule has 160 valence electrons. The molecule has 28 heavy (non-hydrogen) atoms. The second-order valence-corrected chi connectivity index (χ2v) is 9.95. The number of carbonyl (C=O) groups is 1. The summed E-state index contributed by atoms with van der Waals surface area (Å²) in [6, 6.07) is 6.40. The zero-order valence-corrected chi connectivity index (χ0v) is 19.0. The average Bonchev–Trinajstić information content (AvgIpc) is 2.62. The maximum atomic E-state index is 11.6. The summed E-state index contributed by atoms with van der Waals surface area (Å²) in [4.78, 5) is 11.6. The van der Waals surface area contributed by atoms with Crippen molar-refractivity contribution in [2.75, 3.05) is 6.61 Å². The fourth-order valence-corrected chi connectivity index (χ4v) is 3.82. The van der Waals surface area contributed by atoms with E-state index in [1.54, 1.807) is 0 Å². The molecule has 0 aromatic heterocycles. The third kappa shape index (κ3) is 7.58. The quantitative estimate of drug-likeness (QED) is 0.397. The molecule has 1 aromatic rings. The number of carboxylic acid groups (broad SMARTS) is 1. The monoisotopic (exact) mass is 390 g/mol. The average molecular weight is 391 g/mol. The van der Waals surface area contributed by atoms with Crippen molar-refractivity contribution < 1.29 is 15.0 Å². The van der Waals surface area contributed by atoms with Gasteiger partial charge in [-0.25, -0.2) is 0 Å². The lowest BCUT2D eigenvalue weighted by Crippen LogP contribution is -2.25. The van der Waals surface area contributed by atoms with E-state index in [1.807, 2.05) is 13.8 Å². The first-order valence-electron chi connectivity index (χ1n) is 11.0. The van der Waals surface area contributed by atoms with E-state index in [1.165, 1.54) is 43.2 Å². The first kappa shape index (κ1) is 24.7. The van der Waals surface area contributed by atoms with E-state index in [-0.39, 0.29) is 29.8 Å². The Bertz CT molecular complexity index is 611. The molecule has 1 unspecified atom stereocenters. The van der Waals surface area contributed by atoms with E-state index in [0.29, 0.717) is 0 Å². The number of aliphatic hydroxyl groups excluding tert-OH is 1. The Hall–Kier alpha value is -1.35. The van der Waals surface area contributed by atoms with Gasteiger partial charge < -0.3 is 10.2 Å². The van der Waals surface area contributed by atoms with E-state index in [2.05, 4.69) is 45.9 Å². The second kappa shape index (κ2) is 11.0. The van der Waals surface area contributed by atoms with Gasteiger partial charge in [-0.3, -0.25) is 4.79 Å². The van der Waals surface area contributed by atoms with Gasteiger partial charge in [-0.2, -0.15) is 0 Å². The molecule has 3 heteroatoms. The van der Waals surface area contributed by atoms with Crippen molar-refractivity contribution in [3.63, 3.8) is 0 Å². The van der Waals surface area contributed by atoms with Crippen LogP contribution in [0.15, 0.2) is 18.2 Å². The number of hydrogen-bond donors (Lipinski definition) is 2. The predicted octanol–water partition coefficient (Wildman–Crippen LogP) is 6.56. The Morgan fingerprint density at radius 1 is 1.00 bits per heavy atom. The van der Waals surface area contributed by atoms with Crippen LogP contribution in [0.3, 0.4) is 0 Å². The molecule has 1 atom stereocenters. The fourth-order valence-electron chi connectivity index (χ4n) is 3.82. The largest absolute Gasteiger partial charge is 0.481 e. The highest BCUT2D eigenvalue weighted by atomic mass is 16.4. The first-order valence-corrected chi connectivity index (χ1v) is 11.0. The van der Waals surface area contributed by atoms with Gasteiger partial charge in [-0.15, -0.1) is 0 Å². The van der Waals surface area contributed by atoms with Crippen molar-refractivity contribution in [3.05, 3.63) is 34.9 Å². The standard InChI is InChI=1S/C25H42O3/c1-7-8-9-10-11-12-13-19(16-23(27)28)21-15-14-20(25(5,6)18-26)17-22(21)24(2,3)4/h14-15,17,19,26H,7-13,16,18H2,1-6H3,(H,27,28). The van der Waals surface area contributed by atoms with Gasteiger partial charge >= 0.3 is 5.97 Å². The molecule has 0 aliphatic rings. The Morgan fingerprint density at radius 2 is 1.61 bits per heavy atom. The number of aliphatic hydroxyl groups is 1. The Balaban J connectivity index is 3.12. The minimum Gasteiger partial charge on any atom is -0.481 e. The van der Waals surface area contributed by atoms with Gasteiger partial charge in [0, 0.05) is 5.41 Å². The van der Waals surface area contributed by atoms with Gasteiger partial charge in [-0.05, 0) is 34.4 Å². The minimum absolute atomic E-state index is 0.0455. The van der Waals surface area contributed by atoms with Crippen LogP contribution in [0.4, 0.5) is 0 Å². The molecule has 0 saturated carbocycles. The maximum Gasteiger partial charge on any atom is 0.303 e. The van der Waals surface area contributed by atoms with Gasteiger partial charge in [0.05, 0.1) is 13.0 Å². The molecule has 1 rings (SSSR count). The fraction of sp³-hybridized carbons (Fsp3) is 0.720. The molecule has 3 nitrogen and oxygen atoms in total. The first-order chi connectivity index (χ1) is 13.0. The number of rotatable bonds is 12. The summed E-state index contributed by atoms with van der Waals surface area (Å²) in [6.45, 7) is 12.9. The third-order valence-corrected chi connectivity index (χ3v) is 5.81. The van der Waals surface area contributed by atoms with Crippen LogP contribution in [-0.2, 0) is 15.6 Å². The maximum absolute atomic E-state index is 11.6. The molecule has 0 saturated heterocycles.